The lowest BCUT2D eigenvalue weighted by Crippen LogP contribution is -2.08. The lowest BCUT2D eigenvalue weighted by molar-refractivity contribution is 0.621. The van der Waals surface area contributed by atoms with Crippen LogP contribution in [0.1, 0.15) is 5.82 Å². The largest absolute Gasteiger partial charge is 0.311 e. The maximum atomic E-state index is 13.0. The van der Waals surface area contributed by atoms with Crippen molar-refractivity contribution in [2.75, 3.05) is 0 Å². The molecule has 16 heavy (non-hydrogen) atoms. The van der Waals surface area contributed by atoms with Crippen LogP contribution in [-0.4, -0.2) is 9.97 Å². The second-order valence-corrected chi connectivity index (χ2v) is 4.20. The van der Waals surface area contributed by atoms with Gasteiger partial charge in [-0.15, -0.1) is 0 Å². The summed E-state index contributed by atoms with van der Waals surface area (Å²) in [6.45, 7) is 1.70. The van der Waals surface area contributed by atoms with Crippen LogP contribution < -0.4 is 5.56 Å². The van der Waals surface area contributed by atoms with Crippen molar-refractivity contribution < 1.29 is 4.39 Å². The molecule has 1 aromatic heterocycles. The predicted molar refractivity (Wildman–Crippen MR) is 62.7 cm³/mol. The quantitative estimate of drug-likeness (QED) is 0.874. The van der Waals surface area contributed by atoms with E-state index in [1.54, 1.807) is 19.1 Å². The number of aromatic amines is 1. The summed E-state index contributed by atoms with van der Waals surface area (Å²) in [5.41, 5.74) is 1.01. The second kappa shape index (κ2) is 4.17. The van der Waals surface area contributed by atoms with Crippen LogP contribution in [-0.2, 0) is 0 Å². The molecule has 5 heteroatoms. The van der Waals surface area contributed by atoms with Gasteiger partial charge in [-0.05, 0) is 41.1 Å². The lowest BCUT2D eigenvalue weighted by Gasteiger charge is -2.02. The molecule has 0 saturated heterocycles. The van der Waals surface area contributed by atoms with Gasteiger partial charge in [0, 0.05) is 11.6 Å². The van der Waals surface area contributed by atoms with Crippen molar-refractivity contribution in [1.29, 1.82) is 0 Å². The first-order chi connectivity index (χ1) is 7.56. The van der Waals surface area contributed by atoms with E-state index >= 15 is 0 Å². The Bertz CT molecular complexity index is 595. The van der Waals surface area contributed by atoms with Crippen LogP contribution in [0.25, 0.3) is 11.3 Å². The average Bonchev–Trinajstić information content (AvgIpc) is 2.20. The zero-order valence-electron chi connectivity index (χ0n) is 8.42. The van der Waals surface area contributed by atoms with Gasteiger partial charge in [0.2, 0.25) is 0 Å². The number of rotatable bonds is 1. The maximum absolute atomic E-state index is 13.0. The summed E-state index contributed by atoms with van der Waals surface area (Å²) >= 11 is 3.09. The molecular weight excluding hydrogens is 275 g/mol. The topological polar surface area (TPSA) is 45.8 Å². The highest BCUT2D eigenvalue weighted by molar-refractivity contribution is 9.10. The number of benzene rings is 1. The number of nitrogens with zero attached hydrogens (tertiary/aromatic N) is 1. The summed E-state index contributed by atoms with van der Waals surface area (Å²) in [5.74, 6) is 0.188. The Kier molecular flexibility index (Phi) is 2.87. The zero-order valence-corrected chi connectivity index (χ0v) is 10.0. The summed E-state index contributed by atoms with van der Waals surface area (Å²) in [4.78, 5) is 18.0. The molecule has 1 heterocycles. The number of hydrogen-bond acceptors (Lipinski definition) is 2. The summed E-state index contributed by atoms with van der Waals surface area (Å²) in [5, 5.41) is 0. The Morgan fingerprint density at radius 2 is 2.12 bits per heavy atom. The minimum absolute atomic E-state index is 0.219. The molecular formula is C11H8BrFN2O. The van der Waals surface area contributed by atoms with Crippen molar-refractivity contribution in [3.8, 4) is 11.3 Å². The fourth-order valence-electron chi connectivity index (χ4n) is 1.38. The second-order valence-electron chi connectivity index (χ2n) is 3.34. The van der Waals surface area contributed by atoms with Gasteiger partial charge < -0.3 is 4.98 Å². The molecule has 0 aliphatic rings. The van der Waals surface area contributed by atoms with E-state index in [2.05, 4.69) is 25.9 Å². The van der Waals surface area contributed by atoms with E-state index in [1.165, 1.54) is 12.1 Å². The Morgan fingerprint density at radius 3 is 2.75 bits per heavy atom. The smallest absolute Gasteiger partial charge is 0.251 e. The number of hydrogen-bond donors (Lipinski definition) is 1. The molecule has 2 rings (SSSR count). The normalized spacial score (nSPS) is 10.4. The van der Waals surface area contributed by atoms with Crippen molar-refractivity contribution in [2.24, 2.45) is 0 Å². The third kappa shape index (κ3) is 2.19. The zero-order chi connectivity index (χ0) is 11.7. The van der Waals surface area contributed by atoms with Crippen LogP contribution in [0.2, 0.25) is 0 Å². The highest BCUT2D eigenvalue weighted by Gasteiger charge is 2.05. The van der Waals surface area contributed by atoms with Crippen LogP contribution in [0.4, 0.5) is 4.39 Å². The van der Waals surface area contributed by atoms with Crippen molar-refractivity contribution in [3.05, 3.63) is 50.7 Å². The van der Waals surface area contributed by atoms with Crippen LogP contribution in [0, 0.1) is 12.7 Å². The van der Waals surface area contributed by atoms with E-state index in [4.69, 9.17) is 0 Å². The van der Waals surface area contributed by atoms with Gasteiger partial charge in [-0.3, -0.25) is 4.79 Å². The first kappa shape index (κ1) is 11.0. The monoisotopic (exact) mass is 282 g/mol. The molecule has 0 unspecified atom stereocenters. The molecule has 0 amide bonds. The van der Waals surface area contributed by atoms with E-state index in [0.717, 1.165) is 0 Å². The first-order valence-electron chi connectivity index (χ1n) is 4.59. The molecule has 1 N–H and O–H groups in total. The third-order valence-corrected chi connectivity index (χ3v) is 2.68. The number of nitrogens with one attached hydrogen (secondary N) is 1. The molecule has 0 saturated carbocycles. The van der Waals surface area contributed by atoms with Crippen LogP contribution in [0.15, 0.2) is 33.5 Å². The van der Waals surface area contributed by atoms with Gasteiger partial charge in [-0.2, -0.15) is 0 Å². The molecule has 0 fully saturated rings. The van der Waals surface area contributed by atoms with Gasteiger partial charge in [0.05, 0.1) is 10.2 Å². The highest BCUT2D eigenvalue weighted by atomic mass is 79.9. The predicted octanol–water partition coefficient (Wildman–Crippen LogP) is 2.65. The van der Waals surface area contributed by atoms with Crippen molar-refractivity contribution in [3.63, 3.8) is 0 Å². The molecule has 82 valence electrons. The van der Waals surface area contributed by atoms with E-state index in [-0.39, 0.29) is 11.4 Å². The van der Waals surface area contributed by atoms with Gasteiger partial charge in [-0.25, -0.2) is 9.37 Å². The molecule has 0 aliphatic carbocycles. The number of H-pyrrole nitrogens is 1. The Balaban J connectivity index is 2.58. The molecule has 2 aromatic rings. The van der Waals surface area contributed by atoms with E-state index in [9.17, 15) is 9.18 Å². The fourth-order valence-corrected chi connectivity index (χ4v) is 1.76. The van der Waals surface area contributed by atoms with Gasteiger partial charge in [0.15, 0.2) is 0 Å². The number of halogens is 2. The van der Waals surface area contributed by atoms with Gasteiger partial charge in [0.1, 0.15) is 11.6 Å². The molecule has 1 aromatic carbocycles. The Labute approximate surface area is 99.5 Å². The summed E-state index contributed by atoms with van der Waals surface area (Å²) in [6, 6.07) is 5.89. The molecule has 0 spiro atoms. The van der Waals surface area contributed by atoms with Gasteiger partial charge in [0.25, 0.3) is 5.56 Å². The summed E-state index contributed by atoms with van der Waals surface area (Å²) in [6.07, 6.45) is 0. The standard InChI is InChI=1S/C11H8BrFN2O/c1-6-14-10(5-11(16)15-6)7-2-3-9(13)8(12)4-7/h2-5H,1H3,(H,14,15,16). The minimum Gasteiger partial charge on any atom is -0.311 e. The number of aryl methyl sites for hydroxylation is 1. The average molecular weight is 283 g/mol. The van der Waals surface area contributed by atoms with Crippen molar-refractivity contribution in [2.45, 2.75) is 6.92 Å². The summed E-state index contributed by atoms with van der Waals surface area (Å²) in [7, 11) is 0. The van der Waals surface area contributed by atoms with Gasteiger partial charge in [-0.1, -0.05) is 0 Å². The maximum Gasteiger partial charge on any atom is 0.251 e. The lowest BCUT2D eigenvalue weighted by atomic mass is 10.1. The minimum atomic E-state index is -0.342. The van der Waals surface area contributed by atoms with Crippen LogP contribution in [0.5, 0.6) is 0 Å². The van der Waals surface area contributed by atoms with E-state index < -0.39 is 0 Å². The number of aromatic nitrogens is 2. The first-order valence-corrected chi connectivity index (χ1v) is 5.39. The Morgan fingerprint density at radius 1 is 1.38 bits per heavy atom. The highest BCUT2D eigenvalue weighted by Crippen LogP contribution is 2.22. The van der Waals surface area contributed by atoms with Crippen LogP contribution in [0.3, 0.4) is 0 Å². The SMILES string of the molecule is Cc1nc(-c2ccc(F)c(Br)c2)cc(=O)[nH]1. The molecule has 0 bridgehead atoms. The molecule has 0 atom stereocenters. The third-order valence-electron chi connectivity index (χ3n) is 2.08. The van der Waals surface area contributed by atoms with Gasteiger partial charge >= 0.3 is 0 Å². The van der Waals surface area contributed by atoms with Crippen molar-refractivity contribution in [1.82, 2.24) is 9.97 Å². The Hall–Kier alpha value is -1.49. The molecule has 0 radical (unpaired) electrons. The fraction of sp³-hybridized carbons (Fsp3) is 0.0909. The van der Waals surface area contributed by atoms with Crippen molar-refractivity contribution >= 4 is 15.9 Å². The molecule has 3 nitrogen and oxygen atoms in total. The molecule has 0 aliphatic heterocycles. The summed E-state index contributed by atoms with van der Waals surface area (Å²) < 4.78 is 13.4. The van der Waals surface area contributed by atoms with E-state index in [0.29, 0.717) is 21.6 Å². The van der Waals surface area contributed by atoms with Crippen LogP contribution >= 0.6 is 15.9 Å². The van der Waals surface area contributed by atoms with E-state index in [1.807, 2.05) is 0 Å².